The maximum atomic E-state index is 13.3. The second-order valence-corrected chi connectivity index (χ2v) is 6.01. The van der Waals surface area contributed by atoms with Gasteiger partial charge in [0.1, 0.15) is 11.6 Å². The number of nitrogens with one attached hydrogen (secondary N) is 1. The van der Waals surface area contributed by atoms with Gasteiger partial charge in [0.2, 0.25) is 0 Å². The monoisotopic (exact) mass is 346 g/mol. The predicted octanol–water partition coefficient (Wildman–Crippen LogP) is 3.39. The third kappa shape index (κ3) is 2.86. The number of fused-ring (bicyclic) bond motifs is 1. The number of nitrogens with two attached hydrogens (primary N) is 1. The van der Waals surface area contributed by atoms with Crippen LogP contribution >= 0.6 is 11.6 Å². The lowest BCUT2D eigenvalue weighted by Crippen LogP contribution is -2.33. The summed E-state index contributed by atoms with van der Waals surface area (Å²) in [7, 11) is 0. The van der Waals surface area contributed by atoms with Gasteiger partial charge in [-0.25, -0.2) is 14.1 Å². The third-order valence-corrected chi connectivity index (χ3v) is 4.02. The van der Waals surface area contributed by atoms with E-state index in [4.69, 9.17) is 17.3 Å². The van der Waals surface area contributed by atoms with Crippen LogP contribution in [0, 0.1) is 12.7 Å². The van der Waals surface area contributed by atoms with Gasteiger partial charge in [-0.2, -0.15) is 0 Å². The SMILES string of the molecule is Cc1cc(F)ccc1Nn1c([C@H](C)N)nc2cccc(Cl)c2c1=O. The molecule has 7 heteroatoms. The Morgan fingerprint density at radius 1 is 1.33 bits per heavy atom. The van der Waals surface area contributed by atoms with Gasteiger partial charge in [0.25, 0.3) is 5.56 Å². The third-order valence-electron chi connectivity index (χ3n) is 3.70. The highest BCUT2D eigenvalue weighted by atomic mass is 35.5. The number of anilines is 1. The molecule has 5 nitrogen and oxygen atoms in total. The van der Waals surface area contributed by atoms with Gasteiger partial charge in [-0.1, -0.05) is 17.7 Å². The van der Waals surface area contributed by atoms with E-state index in [0.29, 0.717) is 33.0 Å². The second-order valence-electron chi connectivity index (χ2n) is 5.60. The van der Waals surface area contributed by atoms with Gasteiger partial charge in [0.15, 0.2) is 0 Å². The van der Waals surface area contributed by atoms with Crippen molar-refractivity contribution < 1.29 is 4.39 Å². The van der Waals surface area contributed by atoms with Crippen LogP contribution in [0.2, 0.25) is 5.02 Å². The molecule has 0 spiro atoms. The Balaban J connectivity index is 2.25. The number of nitrogens with zero attached hydrogens (tertiary/aromatic N) is 2. The Hall–Kier alpha value is -2.44. The average molecular weight is 347 g/mol. The van der Waals surface area contributed by atoms with E-state index in [0.717, 1.165) is 0 Å². The van der Waals surface area contributed by atoms with Crippen molar-refractivity contribution in [2.75, 3.05) is 5.43 Å². The van der Waals surface area contributed by atoms with Gasteiger partial charge in [0.05, 0.1) is 27.7 Å². The number of aromatic nitrogens is 2. The summed E-state index contributed by atoms with van der Waals surface area (Å²) in [5, 5.41) is 0.614. The molecule has 0 amide bonds. The van der Waals surface area contributed by atoms with E-state index in [-0.39, 0.29) is 11.4 Å². The lowest BCUT2D eigenvalue weighted by molar-refractivity contribution is 0.626. The fraction of sp³-hybridized carbons (Fsp3) is 0.176. The Bertz CT molecular complexity index is 984. The van der Waals surface area contributed by atoms with Crippen LogP contribution in [0.1, 0.15) is 24.4 Å². The largest absolute Gasteiger partial charge is 0.322 e. The molecule has 0 aliphatic heterocycles. The molecule has 3 rings (SSSR count). The topological polar surface area (TPSA) is 72.9 Å². The first kappa shape index (κ1) is 16.4. The van der Waals surface area contributed by atoms with E-state index >= 15 is 0 Å². The molecule has 0 unspecified atom stereocenters. The zero-order valence-electron chi connectivity index (χ0n) is 13.2. The molecule has 3 N–H and O–H groups in total. The number of hydrogen-bond acceptors (Lipinski definition) is 4. The van der Waals surface area contributed by atoms with Crippen LogP contribution in [0.15, 0.2) is 41.2 Å². The minimum absolute atomic E-state index is 0.302. The Kier molecular flexibility index (Phi) is 4.26. The van der Waals surface area contributed by atoms with Crippen LogP contribution < -0.4 is 16.7 Å². The van der Waals surface area contributed by atoms with Gasteiger partial charge in [-0.15, -0.1) is 0 Å². The van der Waals surface area contributed by atoms with Crippen LogP contribution in [0.3, 0.4) is 0 Å². The summed E-state index contributed by atoms with van der Waals surface area (Å²) in [6.07, 6.45) is 0. The molecule has 124 valence electrons. The summed E-state index contributed by atoms with van der Waals surface area (Å²) < 4.78 is 14.6. The molecule has 0 saturated carbocycles. The summed E-state index contributed by atoms with van der Waals surface area (Å²) in [4.78, 5) is 17.4. The number of rotatable bonds is 3. The van der Waals surface area contributed by atoms with Crippen molar-refractivity contribution in [1.82, 2.24) is 9.66 Å². The molecule has 0 saturated heterocycles. The zero-order chi connectivity index (χ0) is 17.4. The van der Waals surface area contributed by atoms with Crippen LogP contribution in [0.5, 0.6) is 0 Å². The maximum absolute atomic E-state index is 13.3. The highest BCUT2D eigenvalue weighted by molar-refractivity contribution is 6.35. The smallest absolute Gasteiger partial charge is 0.281 e. The maximum Gasteiger partial charge on any atom is 0.281 e. The van der Waals surface area contributed by atoms with Gasteiger partial charge >= 0.3 is 0 Å². The summed E-state index contributed by atoms with van der Waals surface area (Å²) in [6, 6.07) is 8.82. The van der Waals surface area contributed by atoms with E-state index < -0.39 is 6.04 Å². The Morgan fingerprint density at radius 2 is 2.08 bits per heavy atom. The predicted molar refractivity (Wildman–Crippen MR) is 93.8 cm³/mol. The first-order chi connectivity index (χ1) is 11.4. The van der Waals surface area contributed by atoms with E-state index in [1.165, 1.54) is 16.8 Å². The van der Waals surface area contributed by atoms with Crippen LogP contribution in [0.4, 0.5) is 10.1 Å². The first-order valence-electron chi connectivity index (χ1n) is 7.38. The summed E-state index contributed by atoms with van der Waals surface area (Å²) in [5.41, 5.74) is 10.3. The van der Waals surface area contributed by atoms with Gasteiger partial charge in [-0.05, 0) is 49.7 Å². The second kappa shape index (κ2) is 6.22. The highest BCUT2D eigenvalue weighted by Gasteiger charge is 2.16. The molecule has 24 heavy (non-hydrogen) atoms. The minimum atomic E-state index is -0.491. The number of aryl methyl sites for hydroxylation is 1. The molecule has 1 heterocycles. The van der Waals surface area contributed by atoms with Crippen molar-refractivity contribution in [3.63, 3.8) is 0 Å². The fourth-order valence-corrected chi connectivity index (χ4v) is 2.74. The molecule has 3 aromatic rings. The molecule has 2 aromatic carbocycles. The highest BCUT2D eigenvalue weighted by Crippen LogP contribution is 2.21. The van der Waals surface area contributed by atoms with Crippen molar-refractivity contribution in [2.24, 2.45) is 5.73 Å². The Morgan fingerprint density at radius 3 is 2.75 bits per heavy atom. The molecule has 1 atom stereocenters. The van der Waals surface area contributed by atoms with Crippen molar-refractivity contribution in [3.05, 3.63) is 69.0 Å². The van der Waals surface area contributed by atoms with Crippen LogP contribution in [0.25, 0.3) is 10.9 Å². The normalized spacial score (nSPS) is 12.4. The first-order valence-corrected chi connectivity index (χ1v) is 7.76. The lowest BCUT2D eigenvalue weighted by Gasteiger charge is -2.18. The minimum Gasteiger partial charge on any atom is -0.322 e. The Labute approximate surface area is 142 Å². The molecule has 0 radical (unpaired) electrons. The quantitative estimate of drug-likeness (QED) is 0.762. The molecule has 0 aliphatic rings. The van der Waals surface area contributed by atoms with Crippen molar-refractivity contribution in [2.45, 2.75) is 19.9 Å². The molecule has 1 aromatic heterocycles. The zero-order valence-corrected chi connectivity index (χ0v) is 13.9. The summed E-state index contributed by atoms with van der Waals surface area (Å²) >= 11 is 6.16. The van der Waals surface area contributed by atoms with Crippen molar-refractivity contribution in [1.29, 1.82) is 0 Å². The van der Waals surface area contributed by atoms with E-state index in [1.807, 2.05) is 0 Å². The fourth-order valence-electron chi connectivity index (χ4n) is 2.49. The molecular formula is C17H16ClFN4O. The van der Waals surface area contributed by atoms with Gasteiger partial charge in [-0.3, -0.25) is 10.2 Å². The van der Waals surface area contributed by atoms with Crippen LogP contribution in [-0.4, -0.2) is 9.66 Å². The van der Waals surface area contributed by atoms with Crippen molar-refractivity contribution in [3.8, 4) is 0 Å². The standard InChI is InChI=1S/C17H16ClFN4O/c1-9-8-11(19)6-7-13(9)22-23-16(10(2)20)21-14-5-3-4-12(18)15(14)17(23)24/h3-8,10,22H,20H2,1-2H3/t10-/m0/s1. The van der Waals surface area contributed by atoms with E-state index in [1.54, 1.807) is 38.1 Å². The van der Waals surface area contributed by atoms with E-state index in [2.05, 4.69) is 10.4 Å². The number of benzene rings is 2. The van der Waals surface area contributed by atoms with E-state index in [9.17, 15) is 9.18 Å². The molecule has 0 aliphatic carbocycles. The lowest BCUT2D eigenvalue weighted by atomic mass is 10.2. The number of halogens is 2. The van der Waals surface area contributed by atoms with Crippen molar-refractivity contribution >= 4 is 28.2 Å². The summed E-state index contributed by atoms with van der Waals surface area (Å²) in [5.74, 6) is 0.0102. The molecule has 0 fully saturated rings. The number of hydrogen-bond donors (Lipinski definition) is 2. The van der Waals surface area contributed by atoms with Crippen LogP contribution in [-0.2, 0) is 0 Å². The van der Waals surface area contributed by atoms with Gasteiger partial charge < -0.3 is 5.73 Å². The average Bonchev–Trinajstić information content (AvgIpc) is 2.51. The van der Waals surface area contributed by atoms with Gasteiger partial charge in [0, 0.05) is 0 Å². The molecule has 0 bridgehead atoms. The molecular weight excluding hydrogens is 331 g/mol. The summed E-state index contributed by atoms with van der Waals surface area (Å²) in [6.45, 7) is 3.47.